The van der Waals surface area contributed by atoms with Gasteiger partial charge in [0.05, 0.1) is 12.8 Å². The van der Waals surface area contributed by atoms with Gasteiger partial charge < -0.3 is 9.47 Å². The van der Waals surface area contributed by atoms with Crippen molar-refractivity contribution in [3.63, 3.8) is 0 Å². The fourth-order valence-electron chi connectivity index (χ4n) is 2.66. The molecule has 0 unspecified atom stereocenters. The van der Waals surface area contributed by atoms with Crippen molar-refractivity contribution in [1.29, 1.82) is 0 Å². The molecule has 0 atom stereocenters. The molecule has 3 aromatic rings. The predicted octanol–water partition coefficient (Wildman–Crippen LogP) is 4.74. The second-order valence-corrected chi connectivity index (χ2v) is 6.47. The minimum absolute atomic E-state index is 0.289. The Kier molecular flexibility index (Phi) is 7.00. The fourth-order valence-corrected chi connectivity index (χ4v) is 2.66. The van der Waals surface area contributed by atoms with Gasteiger partial charge >= 0.3 is 0 Å². The molecule has 0 spiro atoms. The molecule has 0 saturated carbocycles. The Morgan fingerprint density at radius 3 is 2.41 bits per heavy atom. The average Bonchev–Trinajstić information content (AvgIpc) is 2.75. The zero-order valence-corrected chi connectivity index (χ0v) is 16.6. The minimum Gasteiger partial charge on any atom is -0.494 e. The van der Waals surface area contributed by atoms with Crippen LogP contribution in [-0.4, -0.2) is 18.7 Å². The van der Waals surface area contributed by atoms with E-state index < -0.39 is 0 Å². The molecule has 5 nitrogen and oxygen atoms in total. The van der Waals surface area contributed by atoms with Crippen molar-refractivity contribution in [2.24, 2.45) is 5.10 Å². The van der Waals surface area contributed by atoms with Crippen molar-refractivity contribution in [3.8, 4) is 11.5 Å². The summed E-state index contributed by atoms with van der Waals surface area (Å²) in [4.78, 5) is 12.2. The van der Waals surface area contributed by atoms with Gasteiger partial charge in [-0.1, -0.05) is 42.0 Å². The van der Waals surface area contributed by atoms with Crippen LogP contribution in [0.4, 0.5) is 0 Å². The first-order chi connectivity index (χ1) is 14.2. The maximum atomic E-state index is 12.2. The van der Waals surface area contributed by atoms with E-state index in [4.69, 9.17) is 9.47 Å². The highest BCUT2D eigenvalue weighted by atomic mass is 16.5. The Labute approximate surface area is 171 Å². The Bertz CT molecular complexity index is 964. The topological polar surface area (TPSA) is 59.9 Å². The first kappa shape index (κ1) is 20.1. The summed E-state index contributed by atoms with van der Waals surface area (Å²) in [6.45, 7) is 5.01. The molecule has 1 N–H and O–H groups in total. The lowest BCUT2D eigenvalue weighted by molar-refractivity contribution is 0.0955. The number of ether oxygens (including phenoxy) is 2. The molecule has 0 saturated heterocycles. The molecule has 5 heteroatoms. The molecule has 0 aliphatic rings. The maximum absolute atomic E-state index is 12.2. The standard InChI is InChI=1S/C24H24N2O3/c1-3-28-22-14-12-20(13-15-22)24(27)26-25-16-21-6-4-5-7-23(21)29-17-19-10-8-18(2)9-11-19/h4-16H,3,17H2,1-2H3,(H,26,27)/b25-16+. The lowest BCUT2D eigenvalue weighted by Crippen LogP contribution is -2.17. The molecule has 0 fully saturated rings. The first-order valence-electron chi connectivity index (χ1n) is 9.49. The summed E-state index contributed by atoms with van der Waals surface area (Å²) in [5.74, 6) is 1.14. The van der Waals surface area contributed by atoms with E-state index in [1.807, 2.05) is 43.3 Å². The van der Waals surface area contributed by atoms with Crippen LogP contribution in [0.3, 0.4) is 0 Å². The quantitative estimate of drug-likeness (QED) is 0.448. The number of hydrazone groups is 1. The minimum atomic E-state index is -0.289. The summed E-state index contributed by atoms with van der Waals surface area (Å²) in [5, 5.41) is 4.07. The van der Waals surface area contributed by atoms with E-state index in [0.717, 1.165) is 16.9 Å². The average molecular weight is 388 g/mol. The van der Waals surface area contributed by atoms with Gasteiger partial charge in [0.25, 0.3) is 5.91 Å². The summed E-state index contributed by atoms with van der Waals surface area (Å²) in [6, 6.07) is 22.7. The Balaban J connectivity index is 1.60. The first-order valence-corrected chi connectivity index (χ1v) is 9.49. The van der Waals surface area contributed by atoms with Gasteiger partial charge in [-0.15, -0.1) is 0 Å². The summed E-state index contributed by atoms with van der Waals surface area (Å²) in [6.07, 6.45) is 1.58. The lowest BCUT2D eigenvalue weighted by Gasteiger charge is -2.09. The van der Waals surface area contributed by atoms with Gasteiger partial charge in [-0.25, -0.2) is 5.43 Å². The molecule has 3 aromatic carbocycles. The molecular formula is C24H24N2O3. The Morgan fingerprint density at radius 1 is 0.966 bits per heavy atom. The highest BCUT2D eigenvalue weighted by Gasteiger charge is 2.05. The number of carbonyl (C=O) groups is 1. The van der Waals surface area contributed by atoms with Crippen molar-refractivity contribution >= 4 is 12.1 Å². The van der Waals surface area contributed by atoms with Gasteiger partial charge in [0.1, 0.15) is 18.1 Å². The Hall–Kier alpha value is -3.60. The van der Waals surface area contributed by atoms with Crippen LogP contribution in [0, 0.1) is 6.92 Å². The van der Waals surface area contributed by atoms with E-state index in [1.165, 1.54) is 5.56 Å². The molecule has 0 bridgehead atoms. The lowest BCUT2D eigenvalue weighted by atomic mass is 10.1. The largest absolute Gasteiger partial charge is 0.494 e. The second-order valence-electron chi connectivity index (χ2n) is 6.47. The van der Waals surface area contributed by atoms with Crippen LogP contribution in [0.1, 0.15) is 34.0 Å². The number of para-hydroxylation sites is 1. The van der Waals surface area contributed by atoms with Gasteiger partial charge in [0, 0.05) is 11.1 Å². The van der Waals surface area contributed by atoms with E-state index in [1.54, 1.807) is 30.5 Å². The fraction of sp³-hybridized carbons (Fsp3) is 0.167. The van der Waals surface area contributed by atoms with E-state index >= 15 is 0 Å². The van der Waals surface area contributed by atoms with Crippen molar-refractivity contribution < 1.29 is 14.3 Å². The predicted molar refractivity (Wildman–Crippen MR) is 115 cm³/mol. The summed E-state index contributed by atoms with van der Waals surface area (Å²) in [7, 11) is 0. The highest BCUT2D eigenvalue weighted by Crippen LogP contribution is 2.18. The molecule has 0 heterocycles. The zero-order chi connectivity index (χ0) is 20.5. The van der Waals surface area contributed by atoms with E-state index in [2.05, 4.69) is 29.6 Å². The molecule has 0 aliphatic heterocycles. The third-order valence-corrected chi connectivity index (χ3v) is 4.23. The van der Waals surface area contributed by atoms with Crippen LogP contribution in [0.25, 0.3) is 0 Å². The maximum Gasteiger partial charge on any atom is 0.271 e. The van der Waals surface area contributed by atoms with Crippen LogP contribution >= 0.6 is 0 Å². The van der Waals surface area contributed by atoms with Gasteiger partial charge in [0.15, 0.2) is 0 Å². The van der Waals surface area contributed by atoms with Crippen LogP contribution in [0.2, 0.25) is 0 Å². The smallest absolute Gasteiger partial charge is 0.271 e. The number of nitrogens with zero attached hydrogens (tertiary/aromatic N) is 1. The SMILES string of the molecule is CCOc1ccc(C(=O)N/N=C/c2ccccc2OCc2ccc(C)cc2)cc1. The third kappa shape index (κ3) is 5.94. The van der Waals surface area contributed by atoms with Gasteiger partial charge in [0.2, 0.25) is 0 Å². The van der Waals surface area contributed by atoms with Crippen LogP contribution in [-0.2, 0) is 6.61 Å². The van der Waals surface area contributed by atoms with Gasteiger partial charge in [-0.05, 0) is 55.8 Å². The van der Waals surface area contributed by atoms with Crippen molar-refractivity contribution in [2.75, 3.05) is 6.61 Å². The van der Waals surface area contributed by atoms with E-state index in [0.29, 0.717) is 24.5 Å². The number of aryl methyl sites for hydroxylation is 1. The number of benzene rings is 3. The zero-order valence-electron chi connectivity index (χ0n) is 16.6. The van der Waals surface area contributed by atoms with Crippen LogP contribution < -0.4 is 14.9 Å². The Morgan fingerprint density at radius 2 is 1.69 bits per heavy atom. The molecule has 1 amide bonds. The number of amides is 1. The van der Waals surface area contributed by atoms with Gasteiger partial charge in [-0.2, -0.15) is 5.10 Å². The monoisotopic (exact) mass is 388 g/mol. The molecule has 0 aliphatic carbocycles. The van der Waals surface area contributed by atoms with E-state index in [-0.39, 0.29) is 5.91 Å². The highest BCUT2D eigenvalue weighted by molar-refractivity contribution is 5.95. The third-order valence-electron chi connectivity index (χ3n) is 4.23. The van der Waals surface area contributed by atoms with Crippen molar-refractivity contribution in [1.82, 2.24) is 5.43 Å². The number of rotatable bonds is 8. The van der Waals surface area contributed by atoms with Crippen LogP contribution in [0.5, 0.6) is 11.5 Å². The molecule has 29 heavy (non-hydrogen) atoms. The molecule has 148 valence electrons. The summed E-state index contributed by atoms with van der Waals surface area (Å²) in [5.41, 5.74) is 6.13. The number of hydrogen-bond donors (Lipinski definition) is 1. The molecule has 0 aromatic heterocycles. The van der Waals surface area contributed by atoms with Crippen molar-refractivity contribution in [2.45, 2.75) is 20.5 Å². The van der Waals surface area contributed by atoms with Crippen LogP contribution in [0.15, 0.2) is 77.9 Å². The van der Waals surface area contributed by atoms with Crippen molar-refractivity contribution in [3.05, 3.63) is 95.1 Å². The number of carbonyl (C=O) groups excluding carboxylic acids is 1. The second kappa shape index (κ2) is 10.1. The summed E-state index contributed by atoms with van der Waals surface area (Å²) < 4.78 is 11.3. The van der Waals surface area contributed by atoms with Gasteiger partial charge in [-0.3, -0.25) is 4.79 Å². The molecule has 3 rings (SSSR count). The molecule has 0 radical (unpaired) electrons. The summed E-state index contributed by atoms with van der Waals surface area (Å²) >= 11 is 0. The normalized spacial score (nSPS) is 10.7. The molecular weight excluding hydrogens is 364 g/mol. The van der Waals surface area contributed by atoms with E-state index in [9.17, 15) is 4.79 Å². The number of nitrogens with one attached hydrogen (secondary N) is 1. The number of hydrogen-bond acceptors (Lipinski definition) is 4.